The van der Waals surface area contributed by atoms with Crippen molar-refractivity contribution in [3.8, 4) is 0 Å². The highest BCUT2D eigenvalue weighted by Gasteiger charge is 2.03. The van der Waals surface area contributed by atoms with Crippen LogP contribution in [0.2, 0.25) is 0 Å². The molecule has 182 valence electrons. The summed E-state index contributed by atoms with van der Waals surface area (Å²) in [6, 6.07) is 32.5. The molecule has 4 rings (SSSR count). The van der Waals surface area contributed by atoms with E-state index in [1.165, 1.54) is 16.7 Å². The van der Waals surface area contributed by atoms with Crippen molar-refractivity contribution < 1.29 is 19.8 Å². The van der Waals surface area contributed by atoms with Gasteiger partial charge in [-0.1, -0.05) is 107 Å². The summed E-state index contributed by atoms with van der Waals surface area (Å²) in [7, 11) is 0. The molecule has 4 aromatic carbocycles. The van der Waals surface area contributed by atoms with Crippen molar-refractivity contribution in [1.29, 1.82) is 0 Å². The van der Waals surface area contributed by atoms with E-state index in [2.05, 4.69) is 57.2 Å². The SMILES string of the molecule is Cc1ccc(C)cc1.Cc1cccc(C(=O)O)c1.Cc1ccccc1.Cc1ccccc1C(=O)O. The van der Waals surface area contributed by atoms with Crippen molar-refractivity contribution in [1.82, 2.24) is 0 Å². The molecule has 0 atom stereocenters. The van der Waals surface area contributed by atoms with Gasteiger partial charge in [-0.15, -0.1) is 0 Å². The van der Waals surface area contributed by atoms with E-state index in [0.29, 0.717) is 11.1 Å². The molecule has 2 N–H and O–H groups in total. The van der Waals surface area contributed by atoms with Gasteiger partial charge in [0, 0.05) is 0 Å². The highest BCUT2D eigenvalue weighted by molar-refractivity contribution is 5.89. The molecule has 0 saturated heterocycles. The average Bonchev–Trinajstić information content (AvgIpc) is 2.83. The largest absolute Gasteiger partial charge is 0.478 e. The van der Waals surface area contributed by atoms with E-state index in [0.717, 1.165) is 11.1 Å². The van der Waals surface area contributed by atoms with E-state index in [1.54, 1.807) is 43.3 Å². The van der Waals surface area contributed by atoms with Gasteiger partial charge in [-0.05, 0) is 58.4 Å². The highest BCUT2D eigenvalue weighted by Crippen LogP contribution is 2.05. The van der Waals surface area contributed by atoms with Crippen LogP contribution in [-0.2, 0) is 0 Å². The molecule has 0 fully saturated rings. The second-order valence-electron chi connectivity index (χ2n) is 8.10. The molecule has 0 saturated carbocycles. The second kappa shape index (κ2) is 15.6. The number of rotatable bonds is 2. The zero-order chi connectivity index (χ0) is 26.2. The van der Waals surface area contributed by atoms with Gasteiger partial charge in [0.1, 0.15) is 0 Å². The van der Waals surface area contributed by atoms with Crippen LogP contribution < -0.4 is 0 Å². The Labute approximate surface area is 208 Å². The van der Waals surface area contributed by atoms with Crippen molar-refractivity contribution in [3.63, 3.8) is 0 Å². The number of carboxylic acid groups (broad SMARTS) is 2. The Morgan fingerprint density at radius 3 is 1.29 bits per heavy atom. The van der Waals surface area contributed by atoms with Gasteiger partial charge >= 0.3 is 11.9 Å². The third kappa shape index (κ3) is 12.6. The molecule has 35 heavy (non-hydrogen) atoms. The quantitative estimate of drug-likeness (QED) is 0.315. The summed E-state index contributed by atoms with van der Waals surface area (Å²) >= 11 is 0. The summed E-state index contributed by atoms with van der Waals surface area (Å²) in [4.78, 5) is 20.8. The van der Waals surface area contributed by atoms with Crippen molar-refractivity contribution >= 4 is 11.9 Å². The van der Waals surface area contributed by atoms with Gasteiger partial charge < -0.3 is 10.2 Å². The summed E-state index contributed by atoms with van der Waals surface area (Å²) in [5.41, 5.74) is 6.48. The van der Waals surface area contributed by atoms with E-state index in [4.69, 9.17) is 10.2 Å². The van der Waals surface area contributed by atoms with Crippen LogP contribution in [-0.4, -0.2) is 22.2 Å². The molecule has 0 spiro atoms. The maximum atomic E-state index is 10.4. The van der Waals surface area contributed by atoms with Crippen LogP contribution >= 0.6 is 0 Å². The van der Waals surface area contributed by atoms with Crippen LogP contribution in [0.3, 0.4) is 0 Å². The highest BCUT2D eigenvalue weighted by atomic mass is 16.4. The molecule has 4 aromatic rings. The first kappa shape index (κ1) is 28.9. The molecule has 0 amide bonds. The Kier molecular flexibility index (Phi) is 12.9. The fraction of sp³-hybridized carbons (Fsp3) is 0.161. The van der Waals surface area contributed by atoms with Crippen LogP contribution in [0.1, 0.15) is 48.5 Å². The molecule has 0 radical (unpaired) electrons. The van der Waals surface area contributed by atoms with E-state index in [9.17, 15) is 9.59 Å². The normalized spacial score (nSPS) is 9.17. The van der Waals surface area contributed by atoms with E-state index >= 15 is 0 Å². The lowest BCUT2D eigenvalue weighted by molar-refractivity contribution is 0.0685. The number of hydrogen-bond acceptors (Lipinski definition) is 2. The fourth-order valence-electron chi connectivity index (χ4n) is 2.76. The predicted molar refractivity (Wildman–Crippen MR) is 143 cm³/mol. The molecule has 0 aliphatic carbocycles. The van der Waals surface area contributed by atoms with Crippen molar-refractivity contribution in [2.24, 2.45) is 0 Å². The van der Waals surface area contributed by atoms with Crippen LogP contribution in [0, 0.1) is 34.6 Å². The van der Waals surface area contributed by atoms with Gasteiger partial charge in [-0.25, -0.2) is 9.59 Å². The minimum Gasteiger partial charge on any atom is -0.478 e. The standard InChI is InChI=1S/2C8H8O2.C8H10.C7H8/c1-6-3-2-4-7(5-6)8(9)10;1-6-4-2-3-5-7(6)8(9)10;1-7-3-5-8(2)6-4-7;1-7-5-3-2-4-6-7/h2*2-5H,1H3,(H,9,10);3-6H,1-2H3;2-6H,1H3. The maximum absolute atomic E-state index is 10.4. The van der Waals surface area contributed by atoms with Gasteiger partial charge in [0.25, 0.3) is 0 Å². The number of hydrogen-bond donors (Lipinski definition) is 2. The van der Waals surface area contributed by atoms with Gasteiger partial charge in [0.15, 0.2) is 0 Å². The molecule has 4 heteroatoms. The second-order valence-corrected chi connectivity index (χ2v) is 8.10. The lowest BCUT2D eigenvalue weighted by Gasteiger charge is -1.96. The summed E-state index contributed by atoms with van der Waals surface area (Å²) in [6.45, 7) is 9.93. The van der Waals surface area contributed by atoms with Gasteiger partial charge in [0.05, 0.1) is 11.1 Å². The minimum atomic E-state index is -0.872. The van der Waals surface area contributed by atoms with Crippen LogP contribution in [0.4, 0.5) is 0 Å². The molecule has 0 aromatic heterocycles. The number of carboxylic acids is 2. The van der Waals surface area contributed by atoms with Crippen LogP contribution in [0.15, 0.2) is 103 Å². The first-order valence-electron chi connectivity index (χ1n) is 11.2. The van der Waals surface area contributed by atoms with Crippen LogP contribution in [0.5, 0.6) is 0 Å². The Morgan fingerprint density at radius 2 is 0.943 bits per heavy atom. The molecule has 4 nitrogen and oxygen atoms in total. The van der Waals surface area contributed by atoms with Gasteiger partial charge in [-0.2, -0.15) is 0 Å². The van der Waals surface area contributed by atoms with Gasteiger partial charge in [0.2, 0.25) is 0 Å². The Morgan fingerprint density at radius 1 is 0.486 bits per heavy atom. The van der Waals surface area contributed by atoms with Gasteiger partial charge in [-0.3, -0.25) is 0 Å². The topological polar surface area (TPSA) is 74.6 Å². The third-order valence-electron chi connectivity index (χ3n) is 4.80. The van der Waals surface area contributed by atoms with Crippen molar-refractivity contribution in [2.75, 3.05) is 0 Å². The van der Waals surface area contributed by atoms with E-state index < -0.39 is 11.9 Å². The Hall–Kier alpha value is -4.18. The lowest BCUT2D eigenvalue weighted by Crippen LogP contribution is -1.97. The van der Waals surface area contributed by atoms with E-state index in [-0.39, 0.29) is 0 Å². The molecular weight excluding hydrogens is 436 g/mol. The Bertz CT molecular complexity index is 1160. The number of benzene rings is 4. The van der Waals surface area contributed by atoms with E-state index in [1.807, 2.05) is 37.3 Å². The van der Waals surface area contributed by atoms with Crippen LogP contribution in [0.25, 0.3) is 0 Å². The summed E-state index contributed by atoms with van der Waals surface area (Å²) in [5, 5.41) is 17.1. The zero-order valence-electron chi connectivity index (χ0n) is 21.0. The monoisotopic (exact) mass is 470 g/mol. The lowest BCUT2D eigenvalue weighted by atomic mass is 10.1. The molecule has 0 aliphatic rings. The van der Waals surface area contributed by atoms with Crippen molar-refractivity contribution in [3.05, 3.63) is 142 Å². The zero-order valence-corrected chi connectivity index (χ0v) is 21.0. The Balaban J connectivity index is 0.000000236. The summed E-state index contributed by atoms with van der Waals surface area (Å²) in [5.74, 6) is -1.73. The number of aromatic carboxylic acids is 2. The van der Waals surface area contributed by atoms with Crippen molar-refractivity contribution in [2.45, 2.75) is 34.6 Å². The molecule has 0 heterocycles. The first-order valence-corrected chi connectivity index (χ1v) is 11.2. The third-order valence-corrected chi connectivity index (χ3v) is 4.80. The summed E-state index contributed by atoms with van der Waals surface area (Å²) < 4.78 is 0. The molecule has 0 unspecified atom stereocenters. The summed E-state index contributed by atoms with van der Waals surface area (Å²) in [6.07, 6.45) is 0. The molecule has 0 bridgehead atoms. The average molecular weight is 471 g/mol. The maximum Gasteiger partial charge on any atom is 0.335 e. The number of carbonyl (C=O) groups is 2. The molecule has 0 aliphatic heterocycles. The minimum absolute atomic E-state index is 0.347. The molecular formula is C31H34O4. The fourth-order valence-corrected chi connectivity index (χ4v) is 2.76. The first-order chi connectivity index (χ1) is 16.6. The predicted octanol–water partition coefficient (Wildman–Crippen LogP) is 7.68. The number of aryl methyl sites for hydroxylation is 5. The smallest absolute Gasteiger partial charge is 0.335 e.